The van der Waals surface area contributed by atoms with Gasteiger partial charge in [-0.2, -0.15) is 0 Å². The molecule has 8 heteroatoms. The van der Waals surface area contributed by atoms with Crippen LogP contribution in [-0.2, 0) is 27.2 Å². The minimum atomic E-state index is -0.591. The van der Waals surface area contributed by atoms with Crippen LogP contribution in [0.4, 0.5) is 10.1 Å². The molecule has 0 bridgehead atoms. The molecule has 0 fully saturated rings. The van der Waals surface area contributed by atoms with Crippen molar-refractivity contribution in [3.63, 3.8) is 0 Å². The Morgan fingerprint density at radius 2 is 1.88 bits per heavy atom. The Bertz CT molecular complexity index is 1240. The van der Waals surface area contributed by atoms with Gasteiger partial charge in [-0.1, -0.05) is 25.1 Å². The predicted molar refractivity (Wildman–Crippen MR) is 126 cm³/mol. The molecule has 2 aromatic carbocycles. The molecule has 176 valence electrons. The molecule has 2 N–H and O–H groups in total. The maximum Gasteiger partial charge on any atom is 0.339 e. The van der Waals surface area contributed by atoms with E-state index in [1.54, 1.807) is 0 Å². The molecule has 1 atom stereocenters. The van der Waals surface area contributed by atoms with Crippen molar-refractivity contribution < 1.29 is 23.5 Å². The fourth-order valence-corrected chi connectivity index (χ4v) is 4.31. The number of nitrogens with two attached hydrogens (primary N) is 1. The smallest absolute Gasteiger partial charge is 0.339 e. The Hall–Kier alpha value is -3.81. The maximum atomic E-state index is 13.3. The molecule has 1 aliphatic rings. The number of aryl methyl sites for hydroxylation is 1. The Kier molecular flexibility index (Phi) is 6.86. The van der Waals surface area contributed by atoms with Crippen molar-refractivity contribution in [1.29, 1.82) is 0 Å². The lowest BCUT2D eigenvalue weighted by Crippen LogP contribution is -2.37. The number of amides is 2. The number of para-hydroxylation sites is 1. The van der Waals surface area contributed by atoms with Crippen LogP contribution in [0.25, 0.3) is 10.9 Å². The number of benzene rings is 2. The van der Waals surface area contributed by atoms with E-state index in [0.29, 0.717) is 34.5 Å². The summed E-state index contributed by atoms with van der Waals surface area (Å²) in [5.41, 5.74) is 8.55. The number of hydrogen-bond donors (Lipinski definition) is 1. The number of halogens is 1. The van der Waals surface area contributed by atoms with Gasteiger partial charge in [0.15, 0.2) is 6.61 Å². The van der Waals surface area contributed by atoms with Crippen LogP contribution in [0.5, 0.6) is 0 Å². The quantitative estimate of drug-likeness (QED) is 0.540. The van der Waals surface area contributed by atoms with Crippen LogP contribution in [0, 0.1) is 11.7 Å². The fourth-order valence-electron chi connectivity index (χ4n) is 4.31. The van der Waals surface area contributed by atoms with Crippen LogP contribution in [0.1, 0.15) is 41.4 Å². The molecule has 1 heterocycles. The van der Waals surface area contributed by atoms with Gasteiger partial charge >= 0.3 is 5.97 Å². The minimum Gasteiger partial charge on any atom is -0.452 e. The van der Waals surface area contributed by atoms with Crippen molar-refractivity contribution in [2.24, 2.45) is 11.7 Å². The number of aromatic nitrogens is 1. The summed E-state index contributed by atoms with van der Waals surface area (Å²) in [5, 5.41) is 0.692. The zero-order valence-corrected chi connectivity index (χ0v) is 18.9. The molecular formula is C26H26FN3O4. The van der Waals surface area contributed by atoms with Gasteiger partial charge in [-0.3, -0.25) is 14.6 Å². The van der Waals surface area contributed by atoms with Gasteiger partial charge in [0.05, 0.1) is 11.1 Å². The molecule has 7 nitrogen and oxygen atoms in total. The number of ether oxygens (including phenoxy) is 1. The van der Waals surface area contributed by atoms with Crippen molar-refractivity contribution in [1.82, 2.24) is 4.98 Å². The zero-order chi connectivity index (χ0) is 24.2. The lowest BCUT2D eigenvalue weighted by molar-refractivity contribution is -0.121. The van der Waals surface area contributed by atoms with Gasteiger partial charge in [0, 0.05) is 29.7 Å². The Labute approximate surface area is 196 Å². The molecule has 1 aliphatic carbocycles. The number of fused-ring (bicyclic) bond motifs is 2. The number of nitrogens with zero attached hydrogens (tertiary/aromatic N) is 2. The summed E-state index contributed by atoms with van der Waals surface area (Å²) in [6.07, 6.45) is 2.41. The van der Waals surface area contributed by atoms with Gasteiger partial charge in [0.2, 0.25) is 5.91 Å². The number of primary amides is 1. The topological polar surface area (TPSA) is 103 Å². The average Bonchev–Trinajstić information content (AvgIpc) is 2.82. The minimum absolute atomic E-state index is 0.0115. The van der Waals surface area contributed by atoms with E-state index in [1.165, 1.54) is 29.2 Å². The third-order valence-electron chi connectivity index (χ3n) is 6.06. The SMILES string of the molecule is CC1CCc2nc3ccccc3c(C(=O)OCC(=O)N(CCC(N)=O)c3ccc(F)cc3)c2C1. The number of anilines is 1. The van der Waals surface area contributed by atoms with Crippen LogP contribution in [0.15, 0.2) is 48.5 Å². The molecule has 0 radical (unpaired) electrons. The second-order valence-electron chi connectivity index (χ2n) is 8.59. The molecule has 0 spiro atoms. The van der Waals surface area contributed by atoms with Crippen molar-refractivity contribution in [2.75, 3.05) is 18.1 Å². The van der Waals surface area contributed by atoms with E-state index < -0.39 is 30.2 Å². The highest BCUT2D eigenvalue weighted by molar-refractivity contribution is 6.06. The normalized spacial score (nSPS) is 14.9. The first-order chi connectivity index (χ1) is 16.3. The number of rotatable bonds is 7. The number of carbonyl (C=O) groups excluding carboxylic acids is 3. The maximum absolute atomic E-state index is 13.3. The van der Waals surface area contributed by atoms with Gasteiger partial charge < -0.3 is 15.4 Å². The summed E-state index contributed by atoms with van der Waals surface area (Å²) in [6, 6.07) is 12.7. The van der Waals surface area contributed by atoms with Crippen molar-refractivity contribution in [2.45, 2.75) is 32.6 Å². The van der Waals surface area contributed by atoms with E-state index in [4.69, 9.17) is 15.5 Å². The van der Waals surface area contributed by atoms with E-state index in [2.05, 4.69) is 6.92 Å². The van der Waals surface area contributed by atoms with Gasteiger partial charge in [-0.25, -0.2) is 9.18 Å². The fraction of sp³-hybridized carbons (Fsp3) is 0.308. The first-order valence-corrected chi connectivity index (χ1v) is 11.3. The highest BCUT2D eigenvalue weighted by Crippen LogP contribution is 2.32. The largest absolute Gasteiger partial charge is 0.452 e. The first-order valence-electron chi connectivity index (χ1n) is 11.3. The summed E-state index contributed by atoms with van der Waals surface area (Å²) < 4.78 is 18.8. The Morgan fingerprint density at radius 1 is 1.15 bits per heavy atom. The molecule has 0 aliphatic heterocycles. The number of carbonyl (C=O) groups is 3. The lowest BCUT2D eigenvalue weighted by atomic mass is 9.84. The van der Waals surface area contributed by atoms with Gasteiger partial charge in [-0.05, 0) is 61.1 Å². The van der Waals surface area contributed by atoms with E-state index >= 15 is 0 Å². The molecule has 0 saturated carbocycles. The third-order valence-corrected chi connectivity index (χ3v) is 6.06. The van der Waals surface area contributed by atoms with Crippen LogP contribution in [0.3, 0.4) is 0 Å². The van der Waals surface area contributed by atoms with Gasteiger partial charge in [-0.15, -0.1) is 0 Å². The molecule has 1 aromatic heterocycles. The molecule has 3 aromatic rings. The van der Waals surface area contributed by atoms with Crippen LogP contribution in [0.2, 0.25) is 0 Å². The van der Waals surface area contributed by atoms with Crippen LogP contribution < -0.4 is 10.6 Å². The third kappa shape index (κ3) is 5.06. The first kappa shape index (κ1) is 23.4. The van der Waals surface area contributed by atoms with E-state index in [-0.39, 0.29) is 13.0 Å². The van der Waals surface area contributed by atoms with Crippen LogP contribution in [-0.4, -0.2) is 35.9 Å². The second-order valence-corrected chi connectivity index (χ2v) is 8.59. The second kappa shape index (κ2) is 9.99. The molecule has 2 amide bonds. The standard InChI is InChI=1S/C26H26FN3O4/c1-16-6-11-22-20(14-16)25(19-4-2-3-5-21(19)29-22)26(33)34-15-24(32)30(13-12-23(28)31)18-9-7-17(27)8-10-18/h2-5,7-10,16H,6,11-15H2,1H3,(H2,28,31). The summed E-state index contributed by atoms with van der Waals surface area (Å²) in [6.45, 7) is 1.59. The van der Waals surface area contributed by atoms with E-state index in [0.717, 1.165) is 24.1 Å². The summed E-state index contributed by atoms with van der Waals surface area (Å²) >= 11 is 0. The number of esters is 1. The van der Waals surface area contributed by atoms with Crippen molar-refractivity contribution >= 4 is 34.4 Å². The highest BCUT2D eigenvalue weighted by Gasteiger charge is 2.27. The monoisotopic (exact) mass is 463 g/mol. The van der Waals surface area contributed by atoms with Crippen molar-refractivity contribution in [3.05, 3.63) is 71.2 Å². The molecule has 0 saturated heterocycles. The Morgan fingerprint density at radius 3 is 2.62 bits per heavy atom. The number of pyridine rings is 1. The zero-order valence-electron chi connectivity index (χ0n) is 18.9. The molecule has 1 unspecified atom stereocenters. The predicted octanol–water partition coefficient (Wildman–Crippen LogP) is 3.56. The van der Waals surface area contributed by atoms with E-state index in [1.807, 2.05) is 24.3 Å². The van der Waals surface area contributed by atoms with Crippen molar-refractivity contribution in [3.8, 4) is 0 Å². The summed E-state index contributed by atoms with van der Waals surface area (Å²) in [4.78, 5) is 43.5. The summed E-state index contributed by atoms with van der Waals surface area (Å²) in [5.74, 6) is -1.76. The highest BCUT2D eigenvalue weighted by atomic mass is 19.1. The molecule has 4 rings (SSSR count). The van der Waals surface area contributed by atoms with E-state index in [9.17, 15) is 18.8 Å². The number of hydrogen-bond acceptors (Lipinski definition) is 5. The van der Waals surface area contributed by atoms with Gasteiger partial charge in [0.1, 0.15) is 5.82 Å². The lowest BCUT2D eigenvalue weighted by Gasteiger charge is -2.25. The molecular weight excluding hydrogens is 437 g/mol. The van der Waals surface area contributed by atoms with Gasteiger partial charge in [0.25, 0.3) is 5.91 Å². The molecule has 34 heavy (non-hydrogen) atoms. The van der Waals surface area contributed by atoms with Crippen LogP contribution >= 0.6 is 0 Å². The average molecular weight is 464 g/mol. The Balaban J connectivity index is 1.59. The summed E-state index contributed by atoms with van der Waals surface area (Å²) in [7, 11) is 0.